The highest BCUT2D eigenvalue weighted by Crippen LogP contribution is 2.39. The monoisotopic (exact) mass is 442 g/mol. The van der Waals surface area contributed by atoms with Crippen LogP contribution in [0, 0.1) is 0 Å². The second kappa shape index (κ2) is 12.3. The lowest BCUT2D eigenvalue weighted by Crippen LogP contribution is -2.43. The molecule has 1 amide bonds. The number of rotatable bonds is 11. The van der Waals surface area contributed by atoms with Gasteiger partial charge in [0.2, 0.25) is 5.75 Å². The summed E-state index contributed by atoms with van der Waals surface area (Å²) in [5.41, 5.74) is 1.65. The molecule has 1 N–H and O–H groups in total. The molecule has 7 nitrogen and oxygen atoms in total. The molecule has 174 valence electrons. The summed E-state index contributed by atoms with van der Waals surface area (Å²) in [5, 5.41) is 3.11. The molecule has 1 atom stereocenters. The first-order valence-electron chi connectivity index (χ1n) is 11.4. The second-order valence-electron chi connectivity index (χ2n) is 7.39. The molecule has 0 bridgehead atoms. The number of ether oxygens (including phenoxy) is 4. The van der Waals surface area contributed by atoms with Gasteiger partial charge in [0, 0.05) is 25.2 Å². The molecule has 7 heteroatoms. The van der Waals surface area contributed by atoms with E-state index in [4.69, 9.17) is 18.9 Å². The number of hydrogen-bond donors (Lipinski definition) is 1. The fourth-order valence-electron chi connectivity index (χ4n) is 3.83. The molecule has 0 saturated carbocycles. The Morgan fingerprint density at radius 1 is 0.969 bits per heavy atom. The maximum Gasteiger partial charge on any atom is 0.251 e. The zero-order valence-electron chi connectivity index (χ0n) is 19.3. The van der Waals surface area contributed by atoms with Gasteiger partial charge >= 0.3 is 0 Å². The van der Waals surface area contributed by atoms with Crippen molar-refractivity contribution in [1.29, 1.82) is 0 Å². The Hall–Kier alpha value is -2.77. The molecule has 0 aliphatic carbocycles. The minimum absolute atomic E-state index is 0.0736. The lowest BCUT2D eigenvalue weighted by molar-refractivity contribution is 0.0162. The largest absolute Gasteiger partial charge is 0.490 e. The van der Waals surface area contributed by atoms with Crippen molar-refractivity contribution >= 4 is 5.91 Å². The summed E-state index contributed by atoms with van der Waals surface area (Å²) in [6.07, 6.45) is 0. The third-order valence-corrected chi connectivity index (χ3v) is 5.30. The molecule has 1 fully saturated rings. The average Bonchev–Trinajstić information content (AvgIpc) is 2.82. The van der Waals surface area contributed by atoms with Gasteiger partial charge in [-0.2, -0.15) is 0 Å². The first kappa shape index (κ1) is 23.9. The van der Waals surface area contributed by atoms with Crippen molar-refractivity contribution < 1.29 is 23.7 Å². The number of nitrogens with one attached hydrogen (secondary N) is 1. The molecule has 1 heterocycles. The van der Waals surface area contributed by atoms with Crippen LogP contribution in [0.3, 0.4) is 0 Å². The van der Waals surface area contributed by atoms with Crippen LogP contribution >= 0.6 is 0 Å². The quantitative estimate of drug-likeness (QED) is 0.573. The molecular weight excluding hydrogens is 408 g/mol. The van der Waals surface area contributed by atoms with Gasteiger partial charge in [0.25, 0.3) is 5.91 Å². The molecule has 0 aromatic heterocycles. The van der Waals surface area contributed by atoms with Gasteiger partial charge in [-0.1, -0.05) is 30.3 Å². The van der Waals surface area contributed by atoms with E-state index in [-0.39, 0.29) is 11.9 Å². The molecule has 0 unspecified atom stereocenters. The van der Waals surface area contributed by atoms with Gasteiger partial charge in [0.1, 0.15) is 0 Å². The summed E-state index contributed by atoms with van der Waals surface area (Å²) in [6.45, 7) is 10.7. The molecular formula is C25H34N2O5. The molecule has 2 aromatic carbocycles. The van der Waals surface area contributed by atoms with Crippen molar-refractivity contribution in [2.24, 2.45) is 0 Å². The fourth-order valence-corrected chi connectivity index (χ4v) is 3.83. The van der Waals surface area contributed by atoms with Crippen molar-refractivity contribution in [2.45, 2.75) is 26.8 Å². The van der Waals surface area contributed by atoms with Crippen LogP contribution in [0.15, 0.2) is 42.5 Å². The number of hydrogen-bond acceptors (Lipinski definition) is 6. The molecule has 0 radical (unpaired) electrons. The van der Waals surface area contributed by atoms with E-state index in [0.29, 0.717) is 62.4 Å². The highest BCUT2D eigenvalue weighted by Gasteiger charge is 2.24. The van der Waals surface area contributed by atoms with Crippen molar-refractivity contribution in [3.05, 3.63) is 53.6 Å². The highest BCUT2D eigenvalue weighted by atomic mass is 16.5. The predicted octanol–water partition coefficient (Wildman–Crippen LogP) is 3.69. The summed E-state index contributed by atoms with van der Waals surface area (Å²) in [5.74, 6) is 1.38. The molecule has 0 spiro atoms. The van der Waals surface area contributed by atoms with Gasteiger partial charge < -0.3 is 24.3 Å². The van der Waals surface area contributed by atoms with E-state index in [1.807, 2.05) is 39.0 Å². The number of nitrogens with zero attached hydrogens (tertiary/aromatic N) is 1. The van der Waals surface area contributed by atoms with E-state index < -0.39 is 0 Å². The molecule has 1 aliphatic rings. The average molecular weight is 443 g/mol. The smallest absolute Gasteiger partial charge is 0.251 e. The first-order valence-corrected chi connectivity index (χ1v) is 11.4. The van der Waals surface area contributed by atoms with Crippen LogP contribution < -0.4 is 19.5 Å². The van der Waals surface area contributed by atoms with Crippen LogP contribution in [0.5, 0.6) is 17.2 Å². The molecule has 1 aliphatic heterocycles. The van der Waals surface area contributed by atoms with Crippen molar-refractivity contribution in [3.8, 4) is 17.2 Å². The molecule has 32 heavy (non-hydrogen) atoms. The second-order valence-corrected chi connectivity index (χ2v) is 7.39. The summed E-state index contributed by atoms with van der Waals surface area (Å²) in [6, 6.07) is 13.8. The number of morpholine rings is 1. The maximum atomic E-state index is 13.1. The zero-order valence-corrected chi connectivity index (χ0v) is 19.3. The number of amides is 1. The molecule has 2 aromatic rings. The normalized spacial score (nSPS) is 15.1. The van der Waals surface area contributed by atoms with Crippen LogP contribution in [0.25, 0.3) is 0 Å². The Kier molecular flexibility index (Phi) is 9.19. The van der Waals surface area contributed by atoms with E-state index >= 15 is 0 Å². The van der Waals surface area contributed by atoms with E-state index in [0.717, 1.165) is 13.1 Å². The number of benzene rings is 2. The summed E-state index contributed by atoms with van der Waals surface area (Å²) >= 11 is 0. The topological polar surface area (TPSA) is 69.3 Å². The highest BCUT2D eigenvalue weighted by molar-refractivity contribution is 5.95. The maximum absolute atomic E-state index is 13.1. The Morgan fingerprint density at radius 2 is 1.56 bits per heavy atom. The van der Waals surface area contributed by atoms with Crippen LogP contribution in [0.1, 0.15) is 42.7 Å². The van der Waals surface area contributed by atoms with E-state index in [1.54, 1.807) is 12.1 Å². The third-order valence-electron chi connectivity index (χ3n) is 5.30. The SMILES string of the molecule is CCOc1cc(C(=O)NC[C@@H](c2ccccc2)N2CCOCC2)cc(OCC)c1OCC. The summed E-state index contributed by atoms with van der Waals surface area (Å²) in [4.78, 5) is 15.5. The molecule has 1 saturated heterocycles. The van der Waals surface area contributed by atoms with Gasteiger partial charge in [-0.25, -0.2) is 0 Å². The van der Waals surface area contributed by atoms with E-state index in [9.17, 15) is 4.79 Å². The fraction of sp³-hybridized carbons (Fsp3) is 0.480. The first-order chi connectivity index (χ1) is 15.7. The third kappa shape index (κ3) is 6.14. The van der Waals surface area contributed by atoms with Crippen molar-refractivity contribution in [2.75, 3.05) is 52.7 Å². The van der Waals surface area contributed by atoms with Gasteiger partial charge in [0.05, 0.1) is 39.1 Å². The van der Waals surface area contributed by atoms with Gasteiger partial charge in [-0.3, -0.25) is 9.69 Å². The van der Waals surface area contributed by atoms with E-state index in [2.05, 4.69) is 22.3 Å². The Labute approximate surface area is 190 Å². The van der Waals surface area contributed by atoms with Gasteiger partial charge in [0.15, 0.2) is 11.5 Å². The van der Waals surface area contributed by atoms with Gasteiger partial charge in [-0.15, -0.1) is 0 Å². The lowest BCUT2D eigenvalue weighted by Gasteiger charge is -2.35. The zero-order chi connectivity index (χ0) is 22.8. The number of carbonyl (C=O) groups is 1. The van der Waals surface area contributed by atoms with Gasteiger partial charge in [-0.05, 0) is 38.5 Å². The minimum atomic E-state index is -0.177. The predicted molar refractivity (Wildman–Crippen MR) is 124 cm³/mol. The van der Waals surface area contributed by atoms with E-state index in [1.165, 1.54) is 5.56 Å². The number of carbonyl (C=O) groups excluding carboxylic acids is 1. The van der Waals surface area contributed by atoms with Crippen LogP contribution in [-0.4, -0.2) is 63.5 Å². The summed E-state index contributed by atoms with van der Waals surface area (Å²) < 4.78 is 22.8. The standard InChI is InChI=1S/C25H34N2O5/c1-4-30-22-16-20(17-23(31-5-2)24(22)32-6-3)25(28)26-18-21(19-10-8-7-9-11-19)27-12-14-29-15-13-27/h7-11,16-17,21H,4-6,12-15,18H2,1-3H3,(H,26,28)/t21-/m0/s1. The van der Waals surface area contributed by atoms with Crippen molar-refractivity contribution in [3.63, 3.8) is 0 Å². The van der Waals surface area contributed by atoms with Crippen molar-refractivity contribution in [1.82, 2.24) is 10.2 Å². The Bertz CT molecular complexity index is 826. The molecule has 3 rings (SSSR count). The minimum Gasteiger partial charge on any atom is -0.490 e. The lowest BCUT2D eigenvalue weighted by atomic mass is 10.0. The van der Waals surface area contributed by atoms with Crippen LogP contribution in [-0.2, 0) is 4.74 Å². The van der Waals surface area contributed by atoms with Crippen LogP contribution in [0.2, 0.25) is 0 Å². The Balaban J connectivity index is 1.81. The van der Waals surface area contributed by atoms with Crippen LogP contribution in [0.4, 0.5) is 0 Å². The summed E-state index contributed by atoms with van der Waals surface area (Å²) in [7, 11) is 0. The Morgan fingerprint density at radius 3 is 2.12 bits per heavy atom.